The van der Waals surface area contributed by atoms with Crippen molar-refractivity contribution in [1.29, 1.82) is 0 Å². The monoisotopic (exact) mass is 815 g/mol. The summed E-state index contributed by atoms with van der Waals surface area (Å²) in [6.07, 6.45) is 4.67. The van der Waals surface area contributed by atoms with Gasteiger partial charge in [-0.05, 0) is 158 Å². The first-order valence-electron chi connectivity index (χ1n) is 23.3. The molecule has 0 spiro atoms. The molecule has 3 nitrogen and oxygen atoms in total. The zero-order valence-corrected chi connectivity index (χ0v) is 39.4. The molecule has 0 N–H and O–H groups in total. The van der Waals surface area contributed by atoms with Crippen LogP contribution in [0.15, 0.2) is 101 Å². The van der Waals surface area contributed by atoms with Gasteiger partial charge in [-0.1, -0.05) is 137 Å². The lowest BCUT2D eigenvalue weighted by Gasteiger charge is -2.46. The molecular formula is C58H63BN2O. The van der Waals surface area contributed by atoms with Crippen molar-refractivity contribution in [2.45, 2.75) is 143 Å². The van der Waals surface area contributed by atoms with Crippen LogP contribution in [-0.4, -0.2) is 6.85 Å². The number of rotatable bonds is 2. The number of hydrogen-bond acceptors (Lipinski definition) is 3. The van der Waals surface area contributed by atoms with Gasteiger partial charge in [0, 0.05) is 38.9 Å². The van der Waals surface area contributed by atoms with Gasteiger partial charge < -0.3 is 9.23 Å². The summed E-state index contributed by atoms with van der Waals surface area (Å²) in [5.74, 6) is 0.947. The zero-order valence-electron chi connectivity index (χ0n) is 39.4. The zero-order chi connectivity index (χ0) is 43.6. The SMILES string of the molecule is Cc1cc2c3c(c1)N(c1cc4c(cc1C)C(C)(C)CCC4(C)C)c1oc4cc5c(cc4c1B3N(c1ccc(C(C)(C)C)cc1)c1c-2ccc2ccccc12)C(C)(C)CCC5(C)C. The van der Waals surface area contributed by atoms with Gasteiger partial charge in [-0.3, -0.25) is 4.90 Å². The molecule has 1 aromatic heterocycles. The molecule has 0 bridgehead atoms. The van der Waals surface area contributed by atoms with Crippen molar-refractivity contribution in [3.8, 4) is 11.1 Å². The Bertz CT molecular complexity index is 3040. The molecule has 0 saturated carbocycles. The number of anilines is 5. The van der Waals surface area contributed by atoms with Gasteiger partial charge in [0.05, 0.1) is 5.69 Å². The summed E-state index contributed by atoms with van der Waals surface area (Å²) in [6.45, 7) is 30.9. The Labute approximate surface area is 370 Å². The number of nitrogens with zero attached hydrogens (tertiary/aromatic N) is 2. The molecule has 11 rings (SSSR count). The maximum absolute atomic E-state index is 7.59. The number of hydrogen-bond donors (Lipinski definition) is 0. The molecule has 7 aromatic rings. The largest absolute Gasteiger partial charge is 0.440 e. The Morgan fingerprint density at radius 2 is 1.16 bits per heavy atom. The van der Waals surface area contributed by atoms with Crippen LogP contribution >= 0.6 is 0 Å². The second-order valence-corrected chi connectivity index (χ2v) is 23.3. The molecule has 6 aromatic carbocycles. The van der Waals surface area contributed by atoms with Gasteiger partial charge in [0.1, 0.15) is 5.58 Å². The minimum atomic E-state index is -0.141. The molecule has 0 fully saturated rings. The van der Waals surface area contributed by atoms with E-state index in [9.17, 15) is 0 Å². The first-order valence-corrected chi connectivity index (χ1v) is 23.3. The van der Waals surface area contributed by atoms with Gasteiger partial charge in [-0.15, -0.1) is 0 Å². The molecule has 4 heteroatoms. The van der Waals surface area contributed by atoms with E-state index in [1.807, 2.05) is 0 Å². The Hall–Kier alpha value is -5.22. The van der Waals surface area contributed by atoms with Gasteiger partial charge >= 0.3 is 6.85 Å². The second kappa shape index (κ2) is 12.7. The van der Waals surface area contributed by atoms with Crippen molar-refractivity contribution >= 4 is 68.1 Å². The number of furan rings is 1. The average molecular weight is 815 g/mol. The summed E-state index contributed by atoms with van der Waals surface area (Å²) in [4.78, 5) is 5.24. The Kier molecular flexibility index (Phi) is 8.12. The summed E-state index contributed by atoms with van der Waals surface area (Å²) in [5, 5.41) is 3.75. The summed E-state index contributed by atoms with van der Waals surface area (Å²) in [5.41, 5.74) is 21.1. The van der Waals surface area contributed by atoms with E-state index in [4.69, 9.17) is 4.42 Å². The van der Waals surface area contributed by atoms with Crippen molar-refractivity contribution in [2.24, 2.45) is 0 Å². The Morgan fingerprint density at radius 1 is 0.565 bits per heavy atom. The molecule has 0 saturated heterocycles. The molecule has 3 heterocycles. The van der Waals surface area contributed by atoms with Crippen LogP contribution in [0.25, 0.3) is 32.9 Å². The third kappa shape index (κ3) is 5.56. The first kappa shape index (κ1) is 39.6. The molecule has 62 heavy (non-hydrogen) atoms. The number of benzene rings is 6. The Balaban J connectivity index is 1.30. The van der Waals surface area contributed by atoms with Crippen LogP contribution in [0.2, 0.25) is 0 Å². The highest BCUT2D eigenvalue weighted by molar-refractivity contribution is 6.95. The standard InChI is InChI=1S/C58H63BN2O/c1-34-28-41-40-23-18-36-16-14-15-17-39(36)52(40)61(38-21-19-37(20-22-38)54(3,4)5)59-50(41)48(29-34)60(47-32-45-43(30-35(47)2)55(6,7)24-26-57(45,10)11)53-51(59)42-31-44-46(33-49(42)62-53)58(12,13)27-25-56(44,8)9/h14-23,28-33H,24-27H2,1-13H3. The van der Waals surface area contributed by atoms with Crippen molar-refractivity contribution in [3.05, 3.63) is 136 Å². The van der Waals surface area contributed by atoms with Crippen molar-refractivity contribution < 1.29 is 4.42 Å². The van der Waals surface area contributed by atoms with Crippen LogP contribution in [0.5, 0.6) is 0 Å². The van der Waals surface area contributed by atoms with Gasteiger partial charge in [0.2, 0.25) is 5.88 Å². The quantitative estimate of drug-likeness (QED) is 0.162. The van der Waals surface area contributed by atoms with E-state index in [-0.39, 0.29) is 33.9 Å². The molecule has 0 atom stereocenters. The highest BCUT2D eigenvalue weighted by Crippen LogP contribution is 2.55. The maximum Gasteiger partial charge on any atom is 0.337 e. The molecule has 314 valence electrons. The smallest absolute Gasteiger partial charge is 0.337 e. The van der Waals surface area contributed by atoms with Crippen molar-refractivity contribution in [2.75, 3.05) is 9.71 Å². The summed E-state index contributed by atoms with van der Waals surface area (Å²) in [6, 6.07) is 38.2. The lowest BCUT2D eigenvalue weighted by molar-refractivity contribution is 0.332. The summed E-state index contributed by atoms with van der Waals surface area (Å²) in [7, 11) is 0. The third-order valence-electron chi connectivity index (χ3n) is 16.1. The number of aryl methyl sites for hydroxylation is 2. The van der Waals surface area contributed by atoms with Crippen LogP contribution < -0.4 is 20.6 Å². The fourth-order valence-electron chi connectivity index (χ4n) is 12.0. The maximum atomic E-state index is 7.59. The molecule has 2 aliphatic carbocycles. The van der Waals surface area contributed by atoms with E-state index in [2.05, 4.69) is 197 Å². The normalized spacial score (nSPS) is 18.9. The van der Waals surface area contributed by atoms with E-state index >= 15 is 0 Å². The molecular weight excluding hydrogens is 751 g/mol. The van der Waals surface area contributed by atoms with Crippen LogP contribution in [0.4, 0.5) is 28.6 Å². The topological polar surface area (TPSA) is 19.6 Å². The fourth-order valence-corrected chi connectivity index (χ4v) is 12.0. The lowest BCUT2D eigenvalue weighted by Crippen LogP contribution is -2.61. The highest BCUT2D eigenvalue weighted by atomic mass is 16.4. The van der Waals surface area contributed by atoms with Gasteiger partial charge in [-0.25, -0.2) is 0 Å². The molecule has 0 radical (unpaired) electrons. The Morgan fingerprint density at radius 3 is 1.81 bits per heavy atom. The third-order valence-corrected chi connectivity index (χ3v) is 16.1. The van der Waals surface area contributed by atoms with Crippen molar-refractivity contribution in [3.63, 3.8) is 0 Å². The van der Waals surface area contributed by atoms with Crippen LogP contribution in [-0.2, 0) is 27.1 Å². The average Bonchev–Trinajstić information content (AvgIpc) is 3.59. The summed E-state index contributed by atoms with van der Waals surface area (Å²) >= 11 is 0. The van der Waals surface area contributed by atoms with E-state index in [0.717, 1.165) is 30.7 Å². The molecule has 2 aliphatic heterocycles. The van der Waals surface area contributed by atoms with Gasteiger partial charge in [-0.2, -0.15) is 0 Å². The van der Waals surface area contributed by atoms with E-state index in [1.54, 1.807) is 0 Å². The second-order valence-electron chi connectivity index (χ2n) is 23.3. The molecule has 0 amide bonds. The lowest BCUT2D eigenvalue weighted by atomic mass is 9.43. The van der Waals surface area contributed by atoms with Gasteiger partial charge in [0.25, 0.3) is 0 Å². The highest BCUT2D eigenvalue weighted by Gasteiger charge is 2.50. The van der Waals surface area contributed by atoms with E-state index in [0.29, 0.717) is 0 Å². The minimum Gasteiger partial charge on any atom is -0.440 e. The van der Waals surface area contributed by atoms with Crippen molar-refractivity contribution in [1.82, 2.24) is 0 Å². The van der Waals surface area contributed by atoms with E-state index in [1.165, 1.54) is 106 Å². The van der Waals surface area contributed by atoms with E-state index < -0.39 is 0 Å². The fraction of sp³-hybridized carbons (Fsp3) is 0.379. The molecule has 4 aliphatic rings. The summed E-state index contributed by atoms with van der Waals surface area (Å²) < 4.78 is 7.59. The van der Waals surface area contributed by atoms with Crippen LogP contribution in [0, 0.1) is 13.8 Å². The van der Waals surface area contributed by atoms with Gasteiger partial charge in [0.15, 0.2) is 0 Å². The number of fused-ring (bicyclic) bond motifs is 10. The van der Waals surface area contributed by atoms with Crippen LogP contribution in [0.3, 0.4) is 0 Å². The van der Waals surface area contributed by atoms with Crippen LogP contribution in [0.1, 0.15) is 141 Å². The minimum absolute atomic E-state index is 0.0395. The molecule has 0 unspecified atom stereocenters. The predicted octanol–water partition coefficient (Wildman–Crippen LogP) is 14.9. The predicted molar refractivity (Wildman–Crippen MR) is 266 cm³/mol. The first-order chi connectivity index (χ1) is 29.2.